The summed E-state index contributed by atoms with van der Waals surface area (Å²) in [5, 5.41) is 2.74. The van der Waals surface area contributed by atoms with Crippen molar-refractivity contribution >= 4 is 17.5 Å². The van der Waals surface area contributed by atoms with Crippen molar-refractivity contribution in [1.29, 1.82) is 0 Å². The van der Waals surface area contributed by atoms with E-state index in [1.54, 1.807) is 22.9 Å². The minimum Gasteiger partial charge on any atom is -0.351 e. The molecule has 0 atom stereocenters. The molecule has 0 aliphatic carbocycles. The average molecular weight is 446 g/mol. The van der Waals surface area contributed by atoms with Crippen molar-refractivity contribution in [3.63, 3.8) is 0 Å². The molecule has 3 aromatic carbocycles. The van der Waals surface area contributed by atoms with Gasteiger partial charge >= 0.3 is 6.18 Å². The monoisotopic (exact) mass is 445 g/mol. The van der Waals surface area contributed by atoms with E-state index in [4.69, 9.17) is 11.6 Å². The van der Waals surface area contributed by atoms with Crippen LogP contribution in [0.2, 0.25) is 5.02 Å². The molecule has 0 aliphatic rings. The second-order valence-corrected chi connectivity index (χ2v) is 7.24. The molecule has 0 spiro atoms. The van der Waals surface area contributed by atoms with E-state index in [1.165, 1.54) is 24.3 Å². The van der Waals surface area contributed by atoms with Crippen molar-refractivity contribution < 1.29 is 17.6 Å². The van der Waals surface area contributed by atoms with Crippen molar-refractivity contribution in [2.75, 3.05) is 5.32 Å². The lowest BCUT2D eigenvalue weighted by atomic mass is 10.1. The van der Waals surface area contributed by atoms with Crippen LogP contribution in [0.4, 0.5) is 23.5 Å². The molecule has 0 saturated carbocycles. The van der Waals surface area contributed by atoms with E-state index in [1.807, 2.05) is 30.3 Å². The van der Waals surface area contributed by atoms with Gasteiger partial charge in [0.05, 0.1) is 22.0 Å². The zero-order valence-electron chi connectivity index (χ0n) is 16.0. The number of rotatable bonds is 5. The molecule has 0 unspecified atom stereocenters. The molecule has 0 fully saturated rings. The number of hydrogen-bond acceptors (Lipinski definition) is 2. The van der Waals surface area contributed by atoms with Crippen molar-refractivity contribution in [2.45, 2.75) is 12.7 Å². The predicted octanol–water partition coefficient (Wildman–Crippen LogP) is 6.96. The molecule has 1 N–H and O–H groups in total. The maximum absolute atomic E-state index is 13.8. The van der Waals surface area contributed by atoms with Crippen LogP contribution in [0.15, 0.2) is 79.0 Å². The lowest BCUT2D eigenvalue weighted by molar-refractivity contribution is -0.137. The van der Waals surface area contributed by atoms with Gasteiger partial charge in [0.25, 0.3) is 0 Å². The number of hydrogen-bond donors (Lipinski definition) is 1. The highest BCUT2D eigenvalue weighted by molar-refractivity contribution is 6.31. The summed E-state index contributed by atoms with van der Waals surface area (Å²) < 4.78 is 54.2. The molecule has 3 nitrogen and oxygen atoms in total. The molecule has 8 heteroatoms. The Morgan fingerprint density at radius 1 is 0.935 bits per heavy atom. The Morgan fingerprint density at radius 3 is 2.39 bits per heavy atom. The summed E-state index contributed by atoms with van der Waals surface area (Å²) in [5.41, 5.74) is 1.76. The molecular formula is C23H16ClF4N3. The Morgan fingerprint density at radius 2 is 1.71 bits per heavy atom. The van der Waals surface area contributed by atoms with Crippen LogP contribution in [-0.2, 0) is 12.7 Å². The van der Waals surface area contributed by atoms with Crippen LogP contribution >= 0.6 is 11.6 Å². The minimum atomic E-state index is -4.51. The summed E-state index contributed by atoms with van der Waals surface area (Å²) in [7, 11) is 0. The van der Waals surface area contributed by atoms with E-state index in [9.17, 15) is 17.6 Å². The summed E-state index contributed by atoms with van der Waals surface area (Å²) in [6.45, 7) is 0.179. The highest BCUT2D eigenvalue weighted by atomic mass is 35.5. The Kier molecular flexibility index (Phi) is 5.69. The topological polar surface area (TPSA) is 29.9 Å². The van der Waals surface area contributed by atoms with E-state index in [0.717, 1.165) is 11.6 Å². The molecule has 0 saturated heterocycles. The van der Waals surface area contributed by atoms with Gasteiger partial charge in [-0.05, 0) is 35.9 Å². The van der Waals surface area contributed by atoms with E-state index < -0.39 is 17.6 Å². The Labute approximate surface area is 180 Å². The van der Waals surface area contributed by atoms with E-state index >= 15 is 0 Å². The van der Waals surface area contributed by atoms with Gasteiger partial charge in [-0.25, -0.2) is 9.37 Å². The lowest BCUT2D eigenvalue weighted by Gasteiger charge is -2.12. The number of imidazole rings is 1. The van der Waals surface area contributed by atoms with Crippen molar-refractivity contribution in [1.82, 2.24) is 9.55 Å². The second kappa shape index (κ2) is 8.43. The number of alkyl halides is 3. The molecule has 31 heavy (non-hydrogen) atoms. The fraction of sp³-hybridized carbons (Fsp3) is 0.0870. The van der Waals surface area contributed by atoms with Crippen LogP contribution in [0, 0.1) is 5.82 Å². The van der Waals surface area contributed by atoms with Crippen LogP contribution in [-0.4, -0.2) is 9.55 Å². The van der Waals surface area contributed by atoms with Gasteiger partial charge in [0.15, 0.2) is 0 Å². The number of benzene rings is 3. The third-order valence-electron chi connectivity index (χ3n) is 4.65. The van der Waals surface area contributed by atoms with E-state index in [0.29, 0.717) is 22.9 Å². The fourth-order valence-electron chi connectivity index (χ4n) is 3.16. The van der Waals surface area contributed by atoms with Gasteiger partial charge in [-0.15, -0.1) is 0 Å². The molecule has 158 valence electrons. The standard InChI is InChI=1S/C23H16ClF4N3/c24-20-11-15(9-10-19(20)23(26,27)28)13-29-22-30-21(16-5-2-1-3-6-16)14-31(22)18-8-4-7-17(25)12-18/h1-12,14H,13H2,(H,29,30). The number of anilines is 1. The van der Waals surface area contributed by atoms with Crippen LogP contribution in [0.5, 0.6) is 0 Å². The van der Waals surface area contributed by atoms with E-state index in [2.05, 4.69) is 10.3 Å². The predicted molar refractivity (Wildman–Crippen MR) is 113 cm³/mol. The first-order chi connectivity index (χ1) is 14.8. The second-order valence-electron chi connectivity index (χ2n) is 6.83. The molecule has 0 bridgehead atoms. The number of nitrogens with zero attached hydrogens (tertiary/aromatic N) is 2. The zero-order valence-corrected chi connectivity index (χ0v) is 16.8. The maximum Gasteiger partial charge on any atom is 0.417 e. The minimum absolute atomic E-state index is 0.179. The van der Waals surface area contributed by atoms with Gasteiger partial charge in [0.1, 0.15) is 5.82 Å². The average Bonchev–Trinajstić information content (AvgIpc) is 3.16. The van der Waals surface area contributed by atoms with Gasteiger partial charge < -0.3 is 5.32 Å². The Hall–Kier alpha value is -3.32. The highest BCUT2D eigenvalue weighted by Gasteiger charge is 2.33. The van der Waals surface area contributed by atoms with E-state index in [-0.39, 0.29) is 11.6 Å². The van der Waals surface area contributed by atoms with Crippen LogP contribution in [0.1, 0.15) is 11.1 Å². The first-order valence-electron chi connectivity index (χ1n) is 9.31. The van der Waals surface area contributed by atoms with Gasteiger partial charge in [-0.2, -0.15) is 13.2 Å². The van der Waals surface area contributed by atoms with Crippen molar-refractivity contribution in [2.24, 2.45) is 0 Å². The van der Waals surface area contributed by atoms with Crippen LogP contribution < -0.4 is 5.32 Å². The quantitative estimate of drug-likeness (QED) is 0.336. The third kappa shape index (κ3) is 4.72. The largest absolute Gasteiger partial charge is 0.417 e. The number of halogens is 5. The Balaban J connectivity index is 1.66. The summed E-state index contributed by atoms with van der Waals surface area (Å²) >= 11 is 5.81. The van der Waals surface area contributed by atoms with Gasteiger partial charge in [-0.3, -0.25) is 4.57 Å². The van der Waals surface area contributed by atoms with Gasteiger partial charge in [0.2, 0.25) is 5.95 Å². The van der Waals surface area contributed by atoms with Gasteiger partial charge in [0, 0.05) is 18.3 Å². The van der Waals surface area contributed by atoms with Gasteiger partial charge in [-0.1, -0.05) is 54.1 Å². The molecule has 0 aliphatic heterocycles. The first kappa shape index (κ1) is 20.9. The SMILES string of the molecule is Fc1cccc(-n2cc(-c3ccccc3)nc2NCc2ccc(C(F)(F)F)c(Cl)c2)c1. The zero-order chi connectivity index (χ0) is 22.0. The molecule has 4 aromatic rings. The highest BCUT2D eigenvalue weighted by Crippen LogP contribution is 2.35. The summed E-state index contributed by atoms with van der Waals surface area (Å²) in [6.07, 6.45) is -2.74. The van der Waals surface area contributed by atoms with Crippen LogP contribution in [0.25, 0.3) is 16.9 Å². The Bertz CT molecular complexity index is 1200. The smallest absolute Gasteiger partial charge is 0.351 e. The summed E-state index contributed by atoms with van der Waals surface area (Å²) in [5.74, 6) is 0.0217. The lowest BCUT2D eigenvalue weighted by Crippen LogP contribution is -2.08. The normalized spacial score (nSPS) is 11.5. The molecular weight excluding hydrogens is 430 g/mol. The van der Waals surface area contributed by atoms with Crippen molar-refractivity contribution in [3.05, 3.63) is 101 Å². The molecule has 0 amide bonds. The molecule has 1 heterocycles. The molecule has 1 aromatic heterocycles. The summed E-state index contributed by atoms with van der Waals surface area (Å²) in [4.78, 5) is 4.60. The maximum atomic E-state index is 13.8. The van der Waals surface area contributed by atoms with Crippen molar-refractivity contribution in [3.8, 4) is 16.9 Å². The number of aromatic nitrogens is 2. The first-order valence-corrected chi connectivity index (χ1v) is 9.69. The summed E-state index contributed by atoms with van der Waals surface area (Å²) in [6, 6.07) is 19.1. The molecule has 0 radical (unpaired) electrons. The van der Waals surface area contributed by atoms with Crippen LogP contribution in [0.3, 0.4) is 0 Å². The fourth-order valence-corrected chi connectivity index (χ4v) is 3.47. The third-order valence-corrected chi connectivity index (χ3v) is 4.96. The molecule has 4 rings (SSSR count). The number of nitrogens with one attached hydrogen (secondary N) is 1.